The molecule has 0 saturated heterocycles. The summed E-state index contributed by atoms with van der Waals surface area (Å²) in [5.41, 5.74) is 3.90. The molecule has 0 saturated carbocycles. The lowest BCUT2D eigenvalue weighted by Gasteiger charge is -2.12. The first-order valence-corrected chi connectivity index (χ1v) is 9.15. The number of aromatic nitrogens is 2. The Balaban J connectivity index is 2.04. The molecule has 144 valence electrons. The number of carbonyl (C=O) groups excluding carboxylic acids is 2. The maximum Gasteiger partial charge on any atom is 0.355 e. The van der Waals surface area contributed by atoms with Crippen LogP contribution in [0.15, 0.2) is 54.9 Å². The zero-order valence-electron chi connectivity index (χ0n) is 16.2. The summed E-state index contributed by atoms with van der Waals surface area (Å²) in [6, 6.07) is 13.2. The standard InChI is InChI=1S/C22H23N3O3/c1-4-28-22(27)20-15(2)19(21(26)24-18-10-12-23-13-11-18)16(3)25(20)14-17-8-6-5-7-9-17/h5-13H,4,14H2,1-3H3,(H,23,24,26). The van der Waals surface area contributed by atoms with Gasteiger partial charge in [0.05, 0.1) is 12.2 Å². The second-order valence-corrected chi connectivity index (χ2v) is 6.42. The monoisotopic (exact) mass is 377 g/mol. The lowest BCUT2D eigenvalue weighted by molar-refractivity contribution is 0.0513. The Kier molecular flexibility index (Phi) is 5.89. The molecule has 0 aliphatic rings. The van der Waals surface area contributed by atoms with Gasteiger partial charge in [0.2, 0.25) is 0 Å². The molecule has 0 unspecified atom stereocenters. The number of hydrogen-bond donors (Lipinski definition) is 1. The van der Waals surface area contributed by atoms with E-state index in [1.54, 1.807) is 38.4 Å². The molecule has 3 rings (SSSR count). The Bertz CT molecular complexity index is 979. The average Bonchev–Trinajstić information content (AvgIpc) is 2.93. The van der Waals surface area contributed by atoms with Gasteiger partial charge in [-0.3, -0.25) is 9.78 Å². The number of nitrogens with one attached hydrogen (secondary N) is 1. The summed E-state index contributed by atoms with van der Waals surface area (Å²) < 4.78 is 7.11. The number of nitrogens with zero attached hydrogens (tertiary/aromatic N) is 2. The molecule has 3 aromatic rings. The minimum atomic E-state index is -0.429. The van der Waals surface area contributed by atoms with E-state index in [0.29, 0.717) is 29.1 Å². The first-order chi connectivity index (χ1) is 13.5. The number of pyridine rings is 1. The molecule has 6 nitrogen and oxygen atoms in total. The highest BCUT2D eigenvalue weighted by Crippen LogP contribution is 2.25. The van der Waals surface area contributed by atoms with Crippen molar-refractivity contribution in [1.82, 2.24) is 9.55 Å². The highest BCUT2D eigenvalue weighted by atomic mass is 16.5. The van der Waals surface area contributed by atoms with Crippen LogP contribution in [0.1, 0.15) is 44.6 Å². The zero-order valence-corrected chi connectivity index (χ0v) is 16.2. The number of carbonyl (C=O) groups is 2. The van der Waals surface area contributed by atoms with E-state index >= 15 is 0 Å². The van der Waals surface area contributed by atoms with E-state index < -0.39 is 5.97 Å². The third-order valence-electron chi connectivity index (χ3n) is 4.58. The van der Waals surface area contributed by atoms with Crippen molar-refractivity contribution >= 4 is 17.6 Å². The van der Waals surface area contributed by atoms with Crippen molar-refractivity contribution in [3.63, 3.8) is 0 Å². The smallest absolute Gasteiger partial charge is 0.355 e. The van der Waals surface area contributed by atoms with E-state index in [9.17, 15) is 9.59 Å². The average molecular weight is 377 g/mol. The van der Waals surface area contributed by atoms with Gasteiger partial charge in [0.15, 0.2) is 0 Å². The fraction of sp³-hybridized carbons (Fsp3) is 0.227. The maximum absolute atomic E-state index is 13.0. The lowest BCUT2D eigenvalue weighted by atomic mass is 10.1. The molecule has 0 spiro atoms. The molecule has 28 heavy (non-hydrogen) atoms. The number of anilines is 1. The molecule has 6 heteroatoms. The Hall–Kier alpha value is -3.41. The van der Waals surface area contributed by atoms with Gasteiger partial charge >= 0.3 is 5.97 Å². The fourth-order valence-electron chi connectivity index (χ4n) is 3.28. The number of benzene rings is 1. The molecule has 0 aliphatic carbocycles. The van der Waals surface area contributed by atoms with Crippen molar-refractivity contribution in [2.75, 3.05) is 11.9 Å². The van der Waals surface area contributed by atoms with Crippen LogP contribution in [0.4, 0.5) is 5.69 Å². The molecule has 0 aliphatic heterocycles. The van der Waals surface area contributed by atoms with Crippen molar-refractivity contribution < 1.29 is 14.3 Å². The van der Waals surface area contributed by atoms with Crippen LogP contribution in [0, 0.1) is 13.8 Å². The Morgan fingerprint density at radius 3 is 2.39 bits per heavy atom. The number of esters is 1. The number of amides is 1. The van der Waals surface area contributed by atoms with Crippen LogP contribution < -0.4 is 5.32 Å². The summed E-state index contributed by atoms with van der Waals surface area (Å²) in [7, 11) is 0. The quantitative estimate of drug-likeness (QED) is 0.660. The predicted octanol–water partition coefficient (Wildman–Crippen LogP) is 3.98. The SMILES string of the molecule is CCOC(=O)c1c(C)c(C(=O)Nc2ccncc2)c(C)n1Cc1ccccc1. The zero-order chi connectivity index (χ0) is 20.1. The van der Waals surface area contributed by atoms with E-state index in [2.05, 4.69) is 10.3 Å². The van der Waals surface area contributed by atoms with Crippen LogP contribution in [0.25, 0.3) is 0 Å². The van der Waals surface area contributed by atoms with Crippen LogP contribution in [-0.4, -0.2) is 28.0 Å². The van der Waals surface area contributed by atoms with Gasteiger partial charge in [-0.2, -0.15) is 0 Å². The second-order valence-electron chi connectivity index (χ2n) is 6.42. The first kappa shape index (κ1) is 19.4. The van der Waals surface area contributed by atoms with Crippen LogP contribution in [0.2, 0.25) is 0 Å². The highest BCUT2D eigenvalue weighted by molar-refractivity contribution is 6.08. The van der Waals surface area contributed by atoms with Gasteiger partial charge in [0.1, 0.15) is 5.69 Å². The van der Waals surface area contributed by atoms with Gasteiger partial charge in [-0.05, 0) is 44.0 Å². The van der Waals surface area contributed by atoms with Crippen molar-refractivity contribution in [2.45, 2.75) is 27.3 Å². The third kappa shape index (κ3) is 3.96. The van der Waals surface area contributed by atoms with Crippen LogP contribution in [0.3, 0.4) is 0 Å². The minimum absolute atomic E-state index is 0.265. The molecular formula is C22H23N3O3. The Morgan fingerprint density at radius 2 is 1.75 bits per heavy atom. The van der Waals surface area contributed by atoms with Crippen molar-refractivity contribution in [2.24, 2.45) is 0 Å². The predicted molar refractivity (Wildman–Crippen MR) is 108 cm³/mol. The number of rotatable bonds is 6. The van der Waals surface area contributed by atoms with E-state index in [-0.39, 0.29) is 12.5 Å². The van der Waals surface area contributed by atoms with E-state index in [1.165, 1.54) is 0 Å². The summed E-state index contributed by atoms with van der Waals surface area (Å²) in [6.07, 6.45) is 3.22. The van der Waals surface area contributed by atoms with Crippen LogP contribution in [-0.2, 0) is 11.3 Å². The van der Waals surface area contributed by atoms with Crippen molar-refractivity contribution in [3.05, 3.63) is 82.9 Å². The molecule has 1 amide bonds. The summed E-state index contributed by atoms with van der Waals surface area (Å²) in [4.78, 5) is 29.5. The molecule has 0 atom stereocenters. The molecular weight excluding hydrogens is 354 g/mol. The molecule has 1 N–H and O–H groups in total. The fourth-order valence-corrected chi connectivity index (χ4v) is 3.28. The van der Waals surface area contributed by atoms with Crippen LogP contribution >= 0.6 is 0 Å². The van der Waals surface area contributed by atoms with Gasteiger partial charge < -0.3 is 14.6 Å². The number of hydrogen-bond acceptors (Lipinski definition) is 4. The van der Waals surface area contributed by atoms with Crippen LogP contribution in [0.5, 0.6) is 0 Å². The Morgan fingerprint density at radius 1 is 1.07 bits per heavy atom. The van der Waals surface area contributed by atoms with Gasteiger partial charge in [0, 0.05) is 30.3 Å². The third-order valence-corrected chi connectivity index (χ3v) is 4.58. The second kappa shape index (κ2) is 8.52. The summed E-state index contributed by atoms with van der Waals surface area (Å²) in [5.74, 6) is -0.694. The molecule has 2 heterocycles. The van der Waals surface area contributed by atoms with Gasteiger partial charge in [0.25, 0.3) is 5.91 Å². The molecule has 0 bridgehead atoms. The minimum Gasteiger partial charge on any atom is -0.461 e. The van der Waals surface area contributed by atoms with Crippen molar-refractivity contribution in [3.8, 4) is 0 Å². The topological polar surface area (TPSA) is 73.2 Å². The normalized spacial score (nSPS) is 10.5. The molecule has 1 aromatic carbocycles. The first-order valence-electron chi connectivity index (χ1n) is 9.15. The molecule has 2 aromatic heterocycles. The molecule has 0 fully saturated rings. The maximum atomic E-state index is 13.0. The number of ether oxygens (including phenoxy) is 1. The lowest BCUT2D eigenvalue weighted by Crippen LogP contribution is -2.15. The van der Waals surface area contributed by atoms with E-state index in [1.807, 2.05) is 41.8 Å². The highest BCUT2D eigenvalue weighted by Gasteiger charge is 2.27. The summed E-state index contributed by atoms with van der Waals surface area (Å²) in [6.45, 7) is 6.14. The van der Waals surface area contributed by atoms with Gasteiger partial charge in [-0.15, -0.1) is 0 Å². The summed E-state index contributed by atoms with van der Waals surface area (Å²) in [5, 5.41) is 2.87. The van der Waals surface area contributed by atoms with Gasteiger partial charge in [-0.25, -0.2) is 4.79 Å². The van der Waals surface area contributed by atoms with E-state index in [0.717, 1.165) is 11.3 Å². The Labute approximate surface area is 164 Å². The largest absolute Gasteiger partial charge is 0.461 e. The summed E-state index contributed by atoms with van der Waals surface area (Å²) >= 11 is 0. The van der Waals surface area contributed by atoms with Crippen molar-refractivity contribution in [1.29, 1.82) is 0 Å². The van der Waals surface area contributed by atoms with E-state index in [4.69, 9.17) is 4.74 Å². The molecule has 0 radical (unpaired) electrons. The van der Waals surface area contributed by atoms with Gasteiger partial charge in [-0.1, -0.05) is 30.3 Å².